The summed E-state index contributed by atoms with van der Waals surface area (Å²) in [5.74, 6) is 0.301. The van der Waals surface area contributed by atoms with Crippen LogP contribution < -0.4 is 10.1 Å². The van der Waals surface area contributed by atoms with E-state index in [1.807, 2.05) is 45.0 Å². The normalized spacial score (nSPS) is 26.6. The van der Waals surface area contributed by atoms with Gasteiger partial charge in [-0.1, -0.05) is 25.4 Å². The second-order valence-corrected chi connectivity index (χ2v) is 12.1. The molecule has 4 heterocycles. The van der Waals surface area contributed by atoms with Crippen molar-refractivity contribution < 1.29 is 19.1 Å². The fourth-order valence-electron chi connectivity index (χ4n) is 5.81. The Morgan fingerprint density at radius 2 is 1.86 bits per heavy atom. The fraction of sp³-hybridized carbons (Fsp3) is 0.444. The number of rotatable bonds is 6. The Bertz CT molecular complexity index is 1380. The molecule has 36 heavy (non-hydrogen) atoms. The first-order valence-electron chi connectivity index (χ1n) is 12.1. The zero-order chi connectivity index (χ0) is 25.4. The first kappa shape index (κ1) is 23.9. The van der Waals surface area contributed by atoms with E-state index >= 15 is 0 Å². The van der Waals surface area contributed by atoms with Gasteiger partial charge in [0.05, 0.1) is 28.6 Å². The van der Waals surface area contributed by atoms with Crippen LogP contribution in [0.3, 0.4) is 0 Å². The Hall–Kier alpha value is -2.52. The van der Waals surface area contributed by atoms with Gasteiger partial charge in [0, 0.05) is 47.4 Å². The summed E-state index contributed by atoms with van der Waals surface area (Å²) >= 11 is 8.05. The number of halogens is 1. The van der Waals surface area contributed by atoms with Gasteiger partial charge in [-0.05, 0) is 42.2 Å². The number of hydrogen-bond donors (Lipinski definition) is 1. The van der Waals surface area contributed by atoms with Gasteiger partial charge in [0.25, 0.3) is 0 Å². The molecule has 1 N–H and O–H groups in total. The summed E-state index contributed by atoms with van der Waals surface area (Å²) in [6.07, 6.45) is 1.62. The number of nitrogens with zero attached hydrogens (tertiary/aromatic N) is 2. The molecule has 3 fully saturated rings. The molecule has 0 bridgehead atoms. The van der Waals surface area contributed by atoms with Crippen molar-refractivity contribution in [3.8, 4) is 16.9 Å². The van der Waals surface area contributed by atoms with Crippen LogP contribution >= 0.6 is 22.9 Å². The first-order valence-corrected chi connectivity index (χ1v) is 13.3. The third kappa shape index (κ3) is 3.65. The summed E-state index contributed by atoms with van der Waals surface area (Å²) in [7, 11) is 1.70. The molecule has 9 heteroatoms. The van der Waals surface area contributed by atoms with E-state index in [0.29, 0.717) is 11.6 Å². The number of piperidine rings is 1. The number of ether oxygens (including phenoxy) is 2. The van der Waals surface area contributed by atoms with Crippen LogP contribution in [0.15, 0.2) is 30.5 Å². The Kier molecular flexibility index (Phi) is 5.64. The summed E-state index contributed by atoms with van der Waals surface area (Å²) in [6.45, 7) is 7.70. The predicted molar refractivity (Wildman–Crippen MR) is 139 cm³/mol. The van der Waals surface area contributed by atoms with Crippen LogP contribution in [-0.2, 0) is 20.9 Å². The standard InChI is InChI=1S/C27H28ClN3O4S/c1-13-7-14(28)8-17(23(13)35-20-11-29-10-19(20)34-4)16-5-6-30-18-9-15(36-24(16)18)12-31-25(32)21-22(26(31)33)27(21,2)3/h5-9,19-22,29H,10-12H2,1-4H3/t19-,20+,21?,22?/m0/s1. The molecule has 2 saturated heterocycles. The highest BCUT2D eigenvalue weighted by Crippen LogP contribution is 2.63. The van der Waals surface area contributed by atoms with E-state index in [-0.39, 0.29) is 47.8 Å². The van der Waals surface area contributed by atoms with Gasteiger partial charge in [-0.15, -0.1) is 11.3 Å². The molecule has 0 radical (unpaired) electrons. The molecule has 7 nitrogen and oxygen atoms in total. The van der Waals surface area contributed by atoms with Crippen LogP contribution in [0.2, 0.25) is 5.02 Å². The number of likely N-dealkylation sites (tertiary alicyclic amines) is 1. The summed E-state index contributed by atoms with van der Waals surface area (Å²) in [5, 5.41) is 3.95. The molecule has 1 saturated carbocycles. The molecule has 3 aliphatic rings. The second kappa shape index (κ2) is 8.52. The number of thiophene rings is 1. The molecular weight excluding hydrogens is 498 g/mol. The number of aromatic nitrogens is 1. The number of carbonyl (C=O) groups excluding carboxylic acids is 2. The molecule has 2 unspecified atom stereocenters. The summed E-state index contributed by atoms with van der Waals surface area (Å²) in [4.78, 5) is 32.6. The molecule has 2 aliphatic heterocycles. The number of fused-ring (bicyclic) bond motifs is 2. The van der Waals surface area contributed by atoms with Gasteiger partial charge in [-0.3, -0.25) is 19.5 Å². The highest BCUT2D eigenvalue weighted by Gasteiger charge is 2.72. The highest BCUT2D eigenvalue weighted by atomic mass is 35.5. The topological polar surface area (TPSA) is 80.8 Å². The zero-order valence-electron chi connectivity index (χ0n) is 20.6. The van der Waals surface area contributed by atoms with Crippen LogP contribution in [0.1, 0.15) is 24.3 Å². The van der Waals surface area contributed by atoms with Crippen LogP contribution in [-0.4, -0.2) is 54.1 Å². The molecule has 2 aromatic heterocycles. The molecule has 1 aromatic carbocycles. The van der Waals surface area contributed by atoms with Gasteiger partial charge < -0.3 is 14.8 Å². The fourth-order valence-corrected chi connectivity index (χ4v) is 7.22. The Balaban J connectivity index is 1.36. The number of benzene rings is 1. The SMILES string of the molecule is CO[C@H]1CNC[C@H]1Oc1c(C)cc(Cl)cc1-c1ccnc2cc(CN3C(=O)C4C(C3=O)C4(C)C)sc12. The third-order valence-electron chi connectivity index (χ3n) is 7.88. The summed E-state index contributed by atoms with van der Waals surface area (Å²) < 4.78 is 13.1. The van der Waals surface area contributed by atoms with Crippen molar-refractivity contribution in [2.24, 2.45) is 17.3 Å². The lowest BCUT2D eigenvalue weighted by Gasteiger charge is -2.23. The van der Waals surface area contributed by atoms with Gasteiger partial charge >= 0.3 is 0 Å². The molecular formula is C27H28ClN3O4S. The van der Waals surface area contributed by atoms with Crippen molar-refractivity contribution in [2.45, 2.75) is 39.5 Å². The molecule has 4 atom stereocenters. The van der Waals surface area contributed by atoms with Crippen LogP contribution in [0, 0.1) is 24.2 Å². The number of pyridine rings is 1. The zero-order valence-corrected chi connectivity index (χ0v) is 22.2. The van der Waals surface area contributed by atoms with E-state index in [1.165, 1.54) is 4.90 Å². The molecule has 6 rings (SSSR count). The average Bonchev–Trinajstić information content (AvgIpc) is 3.23. The maximum absolute atomic E-state index is 12.9. The lowest BCUT2D eigenvalue weighted by molar-refractivity contribution is -0.143. The largest absolute Gasteiger partial charge is 0.485 e. The van der Waals surface area contributed by atoms with E-state index < -0.39 is 0 Å². The molecule has 3 aromatic rings. The molecule has 1 aliphatic carbocycles. The number of nitrogens with one attached hydrogen (secondary N) is 1. The number of methoxy groups -OCH3 is 1. The van der Waals surface area contributed by atoms with Crippen molar-refractivity contribution in [2.75, 3.05) is 20.2 Å². The van der Waals surface area contributed by atoms with Gasteiger partial charge in [0.15, 0.2) is 0 Å². The van der Waals surface area contributed by atoms with E-state index in [1.54, 1.807) is 24.6 Å². The first-order chi connectivity index (χ1) is 17.2. The molecule has 2 amide bonds. The lowest BCUT2D eigenvalue weighted by Crippen LogP contribution is -2.35. The number of imide groups is 1. The number of carbonyl (C=O) groups is 2. The third-order valence-corrected chi connectivity index (χ3v) is 9.24. The average molecular weight is 526 g/mol. The smallest absolute Gasteiger partial charge is 0.234 e. The minimum atomic E-state index is -0.211. The van der Waals surface area contributed by atoms with Gasteiger partial charge in [-0.2, -0.15) is 0 Å². The van der Waals surface area contributed by atoms with Gasteiger partial charge in [0.2, 0.25) is 11.8 Å². The van der Waals surface area contributed by atoms with E-state index in [4.69, 9.17) is 21.1 Å². The van der Waals surface area contributed by atoms with Crippen LogP contribution in [0.25, 0.3) is 21.3 Å². The van der Waals surface area contributed by atoms with Crippen molar-refractivity contribution in [1.82, 2.24) is 15.2 Å². The van der Waals surface area contributed by atoms with Crippen LogP contribution in [0.5, 0.6) is 5.75 Å². The molecule has 0 spiro atoms. The Morgan fingerprint density at radius 1 is 1.14 bits per heavy atom. The van der Waals surface area contributed by atoms with E-state index in [0.717, 1.165) is 44.1 Å². The van der Waals surface area contributed by atoms with Gasteiger partial charge in [0.1, 0.15) is 18.0 Å². The van der Waals surface area contributed by atoms with Crippen molar-refractivity contribution in [3.05, 3.63) is 45.9 Å². The predicted octanol–water partition coefficient (Wildman–Crippen LogP) is 4.43. The Morgan fingerprint density at radius 3 is 2.58 bits per heavy atom. The van der Waals surface area contributed by atoms with Crippen molar-refractivity contribution >= 4 is 45.0 Å². The highest BCUT2D eigenvalue weighted by molar-refractivity contribution is 7.19. The maximum Gasteiger partial charge on any atom is 0.234 e. The second-order valence-electron chi connectivity index (χ2n) is 10.5. The maximum atomic E-state index is 12.9. The van der Waals surface area contributed by atoms with E-state index in [9.17, 15) is 9.59 Å². The van der Waals surface area contributed by atoms with Gasteiger partial charge in [-0.25, -0.2) is 0 Å². The van der Waals surface area contributed by atoms with Crippen molar-refractivity contribution in [1.29, 1.82) is 0 Å². The summed E-state index contributed by atoms with van der Waals surface area (Å²) in [5.41, 5.74) is 3.39. The summed E-state index contributed by atoms with van der Waals surface area (Å²) in [6, 6.07) is 7.76. The van der Waals surface area contributed by atoms with Crippen molar-refractivity contribution in [3.63, 3.8) is 0 Å². The quantitative estimate of drug-likeness (QED) is 0.479. The minimum Gasteiger partial charge on any atom is -0.485 e. The number of aryl methyl sites for hydroxylation is 1. The number of hydrogen-bond acceptors (Lipinski definition) is 7. The van der Waals surface area contributed by atoms with E-state index in [2.05, 4.69) is 10.3 Å². The monoisotopic (exact) mass is 525 g/mol. The number of amides is 2. The Labute approximate surface area is 218 Å². The minimum absolute atomic E-state index is 0.0366. The van der Waals surface area contributed by atoms with Crippen LogP contribution in [0.4, 0.5) is 0 Å². The lowest BCUT2D eigenvalue weighted by atomic mass is 10.0. The molecule has 188 valence electrons.